The van der Waals surface area contributed by atoms with Crippen LogP contribution in [0.2, 0.25) is 0 Å². The number of hydrogen-bond acceptors (Lipinski definition) is 5. The Morgan fingerprint density at radius 1 is 1.22 bits per heavy atom. The van der Waals surface area contributed by atoms with Crippen LogP contribution in [0.3, 0.4) is 0 Å². The number of esters is 1. The summed E-state index contributed by atoms with van der Waals surface area (Å²) in [6, 6.07) is 8.10. The summed E-state index contributed by atoms with van der Waals surface area (Å²) in [5.74, 6) is -0.468. The van der Waals surface area contributed by atoms with Gasteiger partial charge in [0.1, 0.15) is 12.2 Å². The first kappa shape index (κ1) is 23.4. The summed E-state index contributed by atoms with van der Waals surface area (Å²) in [4.78, 5) is 24.1. The number of hydrogen-bond donors (Lipinski definition) is 3. The van der Waals surface area contributed by atoms with Gasteiger partial charge < -0.3 is 20.9 Å². The zero-order valence-electron chi connectivity index (χ0n) is 15.8. The predicted octanol–water partition coefficient (Wildman–Crippen LogP) is 2.43. The van der Waals surface area contributed by atoms with E-state index in [0.717, 1.165) is 12.8 Å². The number of nitrogens with one attached hydrogen (secondary N) is 1. The predicted molar refractivity (Wildman–Crippen MR) is 107 cm³/mol. The molecule has 6 nitrogen and oxygen atoms in total. The lowest BCUT2D eigenvalue weighted by Crippen LogP contribution is -2.48. The molecule has 0 heterocycles. The molecule has 152 valence electrons. The Bertz CT molecular complexity index is 579. The zero-order chi connectivity index (χ0) is 18.9. The Balaban J connectivity index is 0.00000364. The van der Waals surface area contributed by atoms with Crippen LogP contribution in [0.25, 0.3) is 0 Å². The van der Waals surface area contributed by atoms with Crippen LogP contribution in [0, 0.1) is 5.92 Å². The van der Waals surface area contributed by atoms with Gasteiger partial charge in [0.25, 0.3) is 5.91 Å². The van der Waals surface area contributed by atoms with Gasteiger partial charge in [0.15, 0.2) is 0 Å². The zero-order valence-corrected chi connectivity index (χ0v) is 16.6. The van der Waals surface area contributed by atoms with E-state index >= 15 is 0 Å². The van der Waals surface area contributed by atoms with Crippen LogP contribution >= 0.6 is 12.4 Å². The number of benzene rings is 1. The van der Waals surface area contributed by atoms with E-state index in [1.807, 2.05) is 6.07 Å². The van der Waals surface area contributed by atoms with Crippen molar-refractivity contribution in [3.63, 3.8) is 0 Å². The van der Waals surface area contributed by atoms with E-state index in [0.29, 0.717) is 17.9 Å². The van der Waals surface area contributed by atoms with Crippen LogP contribution in [0.4, 0.5) is 0 Å². The van der Waals surface area contributed by atoms with Crippen LogP contribution in [-0.4, -0.2) is 41.8 Å². The van der Waals surface area contributed by atoms with Crippen molar-refractivity contribution in [2.45, 2.75) is 63.7 Å². The fourth-order valence-corrected chi connectivity index (χ4v) is 3.35. The van der Waals surface area contributed by atoms with Crippen LogP contribution in [0.1, 0.15) is 55.8 Å². The minimum Gasteiger partial charge on any atom is -0.457 e. The average Bonchev–Trinajstić information content (AvgIpc) is 2.66. The second-order valence-electron chi connectivity index (χ2n) is 7.18. The fourth-order valence-electron chi connectivity index (χ4n) is 3.35. The molecule has 0 spiro atoms. The quantitative estimate of drug-likeness (QED) is 0.584. The summed E-state index contributed by atoms with van der Waals surface area (Å²) >= 11 is 0. The summed E-state index contributed by atoms with van der Waals surface area (Å²) in [6.07, 6.45) is 4.81. The van der Waals surface area contributed by atoms with Crippen molar-refractivity contribution in [3.8, 4) is 0 Å². The summed E-state index contributed by atoms with van der Waals surface area (Å²) in [6.45, 7) is 1.82. The van der Waals surface area contributed by atoms with Gasteiger partial charge in [-0.25, -0.2) is 4.79 Å². The Labute approximate surface area is 167 Å². The van der Waals surface area contributed by atoms with E-state index in [1.54, 1.807) is 31.2 Å². The first-order valence-corrected chi connectivity index (χ1v) is 9.44. The minimum atomic E-state index is -1.24. The lowest BCUT2D eigenvalue weighted by atomic mass is 9.84. The number of carbonyl (C=O) groups is 2. The van der Waals surface area contributed by atoms with Crippen LogP contribution in [0.15, 0.2) is 30.3 Å². The van der Waals surface area contributed by atoms with Gasteiger partial charge in [-0.2, -0.15) is 0 Å². The molecule has 0 aliphatic heterocycles. The average molecular weight is 399 g/mol. The van der Waals surface area contributed by atoms with Gasteiger partial charge in [-0.15, -0.1) is 12.4 Å². The normalized spacial score (nSPS) is 17.9. The second kappa shape index (κ2) is 12.0. The third-order valence-corrected chi connectivity index (χ3v) is 4.89. The van der Waals surface area contributed by atoms with Crippen LogP contribution < -0.4 is 11.1 Å². The molecule has 1 aromatic carbocycles. The summed E-state index contributed by atoms with van der Waals surface area (Å²) < 4.78 is 5.28. The number of ether oxygens (including phenoxy) is 1. The van der Waals surface area contributed by atoms with Crippen molar-refractivity contribution in [1.82, 2.24) is 5.32 Å². The lowest BCUT2D eigenvalue weighted by Gasteiger charge is -2.26. The molecule has 0 saturated heterocycles. The molecule has 1 aromatic rings. The number of carbonyl (C=O) groups excluding carboxylic acids is 2. The van der Waals surface area contributed by atoms with Crippen molar-refractivity contribution in [1.29, 1.82) is 0 Å². The molecule has 4 N–H and O–H groups in total. The second-order valence-corrected chi connectivity index (χ2v) is 7.18. The largest absolute Gasteiger partial charge is 0.457 e. The van der Waals surface area contributed by atoms with Crippen molar-refractivity contribution in [2.75, 3.05) is 6.54 Å². The number of nitrogens with two attached hydrogens (primary N) is 1. The maximum Gasteiger partial charge on any atom is 0.338 e. The lowest BCUT2D eigenvalue weighted by molar-refractivity contribution is -0.131. The molecule has 3 atom stereocenters. The molecule has 1 fully saturated rings. The standard InChI is InChI=1S/C20H30N2O4.ClH/c1-14(26-20(25)16-10-6-3-7-11-16)13-22-19(24)18(23)17(21)12-15-8-4-2-5-9-15;/h3,6-7,10-11,14-15,17-18,23H,2,4-5,8-9,12-13,21H2,1H3,(H,22,24);1H/t14-,17-,18?;/m1./s1. The van der Waals surface area contributed by atoms with Gasteiger partial charge in [0, 0.05) is 6.04 Å². The summed E-state index contributed by atoms with van der Waals surface area (Å²) in [7, 11) is 0. The third kappa shape index (κ3) is 7.87. The molecule has 27 heavy (non-hydrogen) atoms. The molecule has 0 bridgehead atoms. The SMILES string of the molecule is C[C@H](CNC(=O)C(O)[C@H](N)CC1CCCCC1)OC(=O)c1ccccc1.Cl. The topological polar surface area (TPSA) is 102 Å². The maximum atomic E-state index is 12.1. The molecule has 1 saturated carbocycles. The molecule has 1 aliphatic rings. The summed E-state index contributed by atoms with van der Waals surface area (Å²) in [5.41, 5.74) is 6.47. The van der Waals surface area contributed by atoms with Gasteiger partial charge in [-0.05, 0) is 31.4 Å². The maximum absolute atomic E-state index is 12.1. The molecule has 1 unspecified atom stereocenters. The van der Waals surface area contributed by atoms with Gasteiger partial charge in [-0.1, -0.05) is 50.3 Å². The highest BCUT2D eigenvalue weighted by Gasteiger charge is 2.26. The highest BCUT2D eigenvalue weighted by molar-refractivity contribution is 5.89. The highest BCUT2D eigenvalue weighted by atomic mass is 35.5. The first-order chi connectivity index (χ1) is 12.5. The smallest absolute Gasteiger partial charge is 0.338 e. The van der Waals surface area contributed by atoms with Gasteiger partial charge in [-0.3, -0.25) is 4.79 Å². The Morgan fingerprint density at radius 2 is 1.85 bits per heavy atom. The summed E-state index contributed by atoms with van der Waals surface area (Å²) in [5, 5.41) is 12.8. The monoisotopic (exact) mass is 398 g/mol. The number of amides is 1. The highest BCUT2D eigenvalue weighted by Crippen LogP contribution is 2.27. The van der Waals surface area contributed by atoms with Gasteiger partial charge in [0.2, 0.25) is 0 Å². The third-order valence-electron chi connectivity index (χ3n) is 4.89. The van der Waals surface area contributed by atoms with Crippen molar-refractivity contribution >= 4 is 24.3 Å². The fraction of sp³-hybridized carbons (Fsp3) is 0.600. The molecule has 0 radical (unpaired) electrons. The molecule has 0 aromatic heterocycles. The first-order valence-electron chi connectivity index (χ1n) is 9.44. The van der Waals surface area contributed by atoms with Crippen molar-refractivity contribution in [3.05, 3.63) is 35.9 Å². The van der Waals surface area contributed by atoms with E-state index in [1.165, 1.54) is 19.3 Å². The minimum absolute atomic E-state index is 0. The van der Waals surface area contributed by atoms with E-state index in [4.69, 9.17) is 10.5 Å². The molecule has 1 amide bonds. The van der Waals surface area contributed by atoms with E-state index in [-0.39, 0.29) is 19.0 Å². The molecular weight excluding hydrogens is 368 g/mol. The number of rotatable bonds is 8. The number of aliphatic hydroxyl groups excluding tert-OH is 1. The van der Waals surface area contributed by atoms with Crippen LogP contribution in [0.5, 0.6) is 0 Å². The van der Waals surface area contributed by atoms with Crippen molar-refractivity contribution < 1.29 is 19.4 Å². The molecule has 2 rings (SSSR count). The van der Waals surface area contributed by atoms with Gasteiger partial charge >= 0.3 is 5.97 Å². The Hall–Kier alpha value is -1.63. The van der Waals surface area contributed by atoms with E-state index in [9.17, 15) is 14.7 Å². The number of aliphatic hydroxyl groups is 1. The van der Waals surface area contributed by atoms with Crippen molar-refractivity contribution in [2.24, 2.45) is 11.7 Å². The Kier molecular flexibility index (Phi) is 10.4. The molecular formula is C20H31ClN2O4. The van der Waals surface area contributed by atoms with E-state index < -0.39 is 30.1 Å². The number of halogens is 1. The van der Waals surface area contributed by atoms with Gasteiger partial charge in [0.05, 0.1) is 12.1 Å². The van der Waals surface area contributed by atoms with Crippen LogP contribution in [-0.2, 0) is 9.53 Å². The molecule has 1 aliphatic carbocycles. The Morgan fingerprint density at radius 3 is 2.48 bits per heavy atom. The molecule has 7 heteroatoms. The van der Waals surface area contributed by atoms with E-state index in [2.05, 4.69) is 5.32 Å².